The summed E-state index contributed by atoms with van der Waals surface area (Å²) in [5, 5.41) is 9.37. The van der Waals surface area contributed by atoms with E-state index in [9.17, 15) is 5.11 Å². The van der Waals surface area contributed by atoms with Crippen LogP contribution < -0.4 is 15.4 Å². The second-order valence-corrected chi connectivity index (χ2v) is 5.55. The average molecular weight is 264 g/mol. The first-order chi connectivity index (χ1) is 9.02. The summed E-state index contributed by atoms with van der Waals surface area (Å²) in [6.07, 6.45) is 1.71. The average Bonchev–Trinajstić information content (AvgIpc) is 2.35. The van der Waals surface area contributed by atoms with E-state index in [-0.39, 0.29) is 12.1 Å². The van der Waals surface area contributed by atoms with Crippen molar-refractivity contribution in [2.24, 2.45) is 11.7 Å². The molecule has 2 rings (SSSR count). The lowest BCUT2D eigenvalue weighted by Gasteiger charge is -2.36. The Hall–Kier alpha value is -1.26. The predicted molar refractivity (Wildman–Crippen MR) is 77.6 cm³/mol. The number of nitrogens with zero attached hydrogens (tertiary/aromatic N) is 1. The van der Waals surface area contributed by atoms with Gasteiger partial charge in [-0.3, -0.25) is 0 Å². The Balaban J connectivity index is 2.18. The van der Waals surface area contributed by atoms with Crippen LogP contribution in [0, 0.1) is 5.92 Å². The van der Waals surface area contributed by atoms with Gasteiger partial charge in [-0.25, -0.2) is 0 Å². The third kappa shape index (κ3) is 3.01. The molecule has 0 aromatic heterocycles. The third-order valence-electron chi connectivity index (χ3n) is 3.87. The SMILES string of the molecule is COc1cccc(N(C)CC2CC(O)C2)c1C(C)N. The fourth-order valence-corrected chi connectivity index (χ4v) is 2.84. The van der Waals surface area contributed by atoms with Gasteiger partial charge >= 0.3 is 0 Å². The van der Waals surface area contributed by atoms with E-state index < -0.39 is 0 Å². The number of aliphatic hydroxyl groups is 1. The molecule has 3 N–H and O–H groups in total. The van der Waals surface area contributed by atoms with E-state index in [0.717, 1.165) is 36.4 Å². The Morgan fingerprint density at radius 1 is 1.47 bits per heavy atom. The highest BCUT2D eigenvalue weighted by Gasteiger charge is 2.28. The van der Waals surface area contributed by atoms with E-state index in [4.69, 9.17) is 10.5 Å². The summed E-state index contributed by atoms with van der Waals surface area (Å²) in [4.78, 5) is 2.22. The smallest absolute Gasteiger partial charge is 0.125 e. The molecule has 0 amide bonds. The van der Waals surface area contributed by atoms with Crippen molar-refractivity contribution in [3.05, 3.63) is 23.8 Å². The predicted octanol–water partition coefficient (Wildman–Crippen LogP) is 1.92. The van der Waals surface area contributed by atoms with Crippen molar-refractivity contribution in [2.75, 3.05) is 25.6 Å². The van der Waals surface area contributed by atoms with Gasteiger partial charge in [0.15, 0.2) is 0 Å². The highest BCUT2D eigenvalue weighted by Crippen LogP contribution is 2.35. The minimum Gasteiger partial charge on any atom is -0.496 e. The van der Waals surface area contributed by atoms with E-state index >= 15 is 0 Å². The Morgan fingerprint density at radius 3 is 2.68 bits per heavy atom. The van der Waals surface area contributed by atoms with Gasteiger partial charge in [-0.05, 0) is 37.8 Å². The molecule has 0 spiro atoms. The molecule has 0 bridgehead atoms. The molecule has 0 radical (unpaired) electrons. The van der Waals surface area contributed by atoms with Crippen molar-refractivity contribution in [2.45, 2.75) is 31.9 Å². The molecule has 4 nitrogen and oxygen atoms in total. The van der Waals surface area contributed by atoms with Crippen LogP contribution in [0.25, 0.3) is 0 Å². The second kappa shape index (κ2) is 5.80. The lowest BCUT2D eigenvalue weighted by molar-refractivity contribution is 0.0464. The summed E-state index contributed by atoms with van der Waals surface area (Å²) in [6.45, 7) is 2.92. The Labute approximate surface area is 115 Å². The van der Waals surface area contributed by atoms with Crippen LogP contribution in [0.2, 0.25) is 0 Å². The van der Waals surface area contributed by atoms with Crippen LogP contribution in [-0.4, -0.2) is 31.9 Å². The molecule has 19 heavy (non-hydrogen) atoms. The lowest BCUT2D eigenvalue weighted by atomic mass is 9.82. The Bertz CT molecular complexity index is 428. The van der Waals surface area contributed by atoms with E-state index in [1.807, 2.05) is 19.1 Å². The molecule has 0 saturated heterocycles. The first-order valence-corrected chi connectivity index (χ1v) is 6.84. The molecular weight excluding hydrogens is 240 g/mol. The highest BCUT2D eigenvalue weighted by molar-refractivity contribution is 5.60. The number of ether oxygens (including phenoxy) is 1. The topological polar surface area (TPSA) is 58.7 Å². The van der Waals surface area contributed by atoms with Crippen LogP contribution in [0.4, 0.5) is 5.69 Å². The van der Waals surface area contributed by atoms with Gasteiger partial charge in [0.1, 0.15) is 5.75 Å². The quantitative estimate of drug-likeness (QED) is 0.853. The second-order valence-electron chi connectivity index (χ2n) is 5.55. The van der Waals surface area contributed by atoms with Gasteiger partial charge in [-0.15, -0.1) is 0 Å². The first kappa shape index (κ1) is 14.2. The number of benzene rings is 1. The number of aliphatic hydroxyl groups excluding tert-OH is 1. The number of hydrogen-bond acceptors (Lipinski definition) is 4. The van der Waals surface area contributed by atoms with E-state index in [1.54, 1.807) is 7.11 Å². The van der Waals surface area contributed by atoms with E-state index in [0.29, 0.717) is 5.92 Å². The van der Waals surface area contributed by atoms with Crippen LogP contribution in [0.15, 0.2) is 18.2 Å². The standard InChI is InChI=1S/C15H24N2O2/c1-10(16)15-13(5-4-6-14(15)19-3)17(2)9-11-7-12(18)8-11/h4-6,10-12,18H,7-9,16H2,1-3H3. The monoisotopic (exact) mass is 264 g/mol. The van der Waals surface area contributed by atoms with Crippen molar-refractivity contribution in [1.82, 2.24) is 0 Å². The van der Waals surface area contributed by atoms with Gasteiger partial charge < -0.3 is 20.5 Å². The normalized spacial score (nSPS) is 23.6. The maximum Gasteiger partial charge on any atom is 0.125 e. The van der Waals surface area contributed by atoms with Crippen LogP contribution in [0.3, 0.4) is 0 Å². The van der Waals surface area contributed by atoms with Crippen LogP contribution >= 0.6 is 0 Å². The molecule has 0 heterocycles. The molecule has 0 aliphatic heterocycles. The van der Waals surface area contributed by atoms with Gasteiger partial charge in [0, 0.05) is 30.9 Å². The minimum atomic E-state index is -0.100. The summed E-state index contributed by atoms with van der Waals surface area (Å²) in [5.41, 5.74) is 8.25. The Morgan fingerprint density at radius 2 is 2.16 bits per heavy atom. The lowest BCUT2D eigenvalue weighted by Crippen LogP contribution is -2.37. The van der Waals surface area contributed by atoms with Gasteiger partial charge in [-0.1, -0.05) is 6.07 Å². The summed E-state index contributed by atoms with van der Waals surface area (Å²) in [7, 11) is 3.75. The Kier molecular flexibility index (Phi) is 4.32. The van der Waals surface area contributed by atoms with E-state index in [2.05, 4.69) is 18.0 Å². The van der Waals surface area contributed by atoms with Crippen molar-refractivity contribution < 1.29 is 9.84 Å². The maximum absolute atomic E-state index is 9.37. The zero-order chi connectivity index (χ0) is 14.0. The summed E-state index contributed by atoms with van der Waals surface area (Å²) < 4.78 is 5.41. The molecule has 1 aliphatic carbocycles. The maximum atomic E-state index is 9.37. The summed E-state index contributed by atoms with van der Waals surface area (Å²) in [5.74, 6) is 1.42. The van der Waals surface area contributed by atoms with Crippen molar-refractivity contribution >= 4 is 5.69 Å². The molecule has 1 atom stereocenters. The molecule has 1 aromatic carbocycles. The van der Waals surface area contributed by atoms with Gasteiger partial charge in [0.05, 0.1) is 13.2 Å². The fraction of sp³-hybridized carbons (Fsp3) is 0.600. The summed E-state index contributed by atoms with van der Waals surface area (Å²) in [6, 6.07) is 5.95. The van der Waals surface area contributed by atoms with Crippen molar-refractivity contribution in [1.29, 1.82) is 0 Å². The van der Waals surface area contributed by atoms with Crippen molar-refractivity contribution in [3.8, 4) is 5.75 Å². The number of hydrogen-bond donors (Lipinski definition) is 2. The fourth-order valence-electron chi connectivity index (χ4n) is 2.84. The molecule has 1 fully saturated rings. The van der Waals surface area contributed by atoms with Gasteiger partial charge in [0.25, 0.3) is 0 Å². The number of methoxy groups -OCH3 is 1. The third-order valence-corrected chi connectivity index (χ3v) is 3.87. The molecule has 1 aliphatic rings. The number of anilines is 1. The van der Waals surface area contributed by atoms with Crippen LogP contribution in [-0.2, 0) is 0 Å². The van der Waals surface area contributed by atoms with Gasteiger partial charge in [0.2, 0.25) is 0 Å². The van der Waals surface area contributed by atoms with Crippen molar-refractivity contribution in [3.63, 3.8) is 0 Å². The minimum absolute atomic E-state index is 0.0689. The van der Waals surface area contributed by atoms with Gasteiger partial charge in [-0.2, -0.15) is 0 Å². The molecule has 106 valence electrons. The van der Waals surface area contributed by atoms with Crippen LogP contribution in [0.1, 0.15) is 31.4 Å². The molecule has 1 saturated carbocycles. The summed E-state index contributed by atoms with van der Waals surface area (Å²) >= 11 is 0. The molecule has 1 unspecified atom stereocenters. The molecule has 1 aromatic rings. The molecular formula is C15H24N2O2. The zero-order valence-corrected chi connectivity index (χ0v) is 12.0. The van der Waals surface area contributed by atoms with E-state index in [1.165, 1.54) is 0 Å². The number of rotatable bonds is 5. The van der Waals surface area contributed by atoms with Crippen LogP contribution in [0.5, 0.6) is 5.75 Å². The molecule has 4 heteroatoms. The first-order valence-electron chi connectivity index (χ1n) is 6.84. The highest BCUT2D eigenvalue weighted by atomic mass is 16.5. The largest absolute Gasteiger partial charge is 0.496 e. The zero-order valence-electron chi connectivity index (χ0n) is 12.0. The number of nitrogens with two attached hydrogens (primary N) is 1.